The van der Waals surface area contributed by atoms with Crippen LogP contribution in [0.1, 0.15) is 13.3 Å². The molecule has 2 unspecified atom stereocenters. The number of hydrogen-bond acceptors (Lipinski definition) is 4. The summed E-state index contributed by atoms with van der Waals surface area (Å²) in [5, 5.41) is 8.14. The Morgan fingerprint density at radius 2 is 2.15 bits per heavy atom. The van der Waals surface area contributed by atoms with Crippen molar-refractivity contribution in [2.24, 2.45) is 11.1 Å². The van der Waals surface area contributed by atoms with Crippen molar-refractivity contribution in [1.82, 2.24) is 4.90 Å². The Balaban J connectivity index is 2.14. The third-order valence-electron chi connectivity index (χ3n) is 3.72. The molecule has 7 heteroatoms. The summed E-state index contributed by atoms with van der Waals surface area (Å²) in [5.41, 5.74) is 0.318. The molecule has 112 valence electrons. The van der Waals surface area contributed by atoms with Crippen LogP contribution in [0, 0.1) is 11.7 Å². The Hall–Kier alpha value is -1.18. The zero-order valence-electron chi connectivity index (χ0n) is 11.6. The number of anilines is 1. The maximum Gasteiger partial charge on any atom is 0.238 e. The van der Waals surface area contributed by atoms with Crippen molar-refractivity contribution in [3.63, 3.8) is 0 Å². The Morgan fingerprint density at radius 3 is 2.70 bits per heavy atom. The first kappa shape index (κ1) is 15.2. The number of halogens is 1. The molecule has 0 aromatic heterocycles. The molecule has 1 fully saturated rings. The predicted molar refractivity (Wildman–Crippen MR) is 76.5 cm³/mol. The number of piperidine rings is 1. The van der Waals surface area contributed by atoms with Gasteiger partial charge in [0.1, 0.15) is 5.82 Å². The molecule has 0 spiro atoms. The summed E-state index contributed by atoms with van der Waals surface area (Å²) in [6.07, 6.45) is 0.925. The van der Waals surface area contributed by atoms with Crippen LogP contribution in [0.4, 0.5) is 10.1 Å². The van der Waals surface area contributed by atoms with E-state index in [0.717, 1.165) is 25.6 Å². The summed E-state index contributed by atoms with van der Waals surface area (Å²) < 4.78 is 36.3. The van der Waals surface area contributed by atoms with Gasteiger partial charge in [-0.3, -0.25) is 0 Å². The summed E-state index contributed by atoms with van der Waals surface area (Å²) in [7, 11) is -1.80. The molecule has 1 aliphatic rings. The number of nitrogens with zero attached hydrogens (tertiary/aromatic N) is 1. The summed E-state index contributed by atoms with van der Waals surface area (Å²) in [4.78, 5) is 2.03. The van der Waals surface area contributed by atoms with Crippen LogP contribution in [-0.4, -0.2) is 39.5 Å². The summed E-state index contributed by atoms with van der Waals surface area (Å²) in [6.45, 7) is 4.03. The Bertz CT molecular complexity index is 591. The van der Waals surface area contributed by atoms with Gasteiger partial charge in [-0.2, -0.15) is 0 Å². The lowest BCUT2D eigenvalue weighted by atomic mass is 9.94. The van der Waals surface area contributed by atoms with Gasteiger partial charge < -0.3 is 10.2 Å². The second-order valence-electron chi connectivity index (χ2n) is 5.47. The van der Waals surface area contributed by atoms with E-state index in [-0.39, 0.29) is 10.9 Å². The standard InChI is InChI=1S/C13H20FN3O2S/c1-9-8-17(2)6-5-12(9)16-13-4-3-10(7-11(13)14)20(15,18)19/h3-4,7,9,12,16H,5-6,8H2,1-2H3,(H2,15,18,19). The zero-order valence-corrected chi connectivity index (χ0v) is 12.5. The van der Waals surface area contributed by atoms with E-state index in [1.54, 1.807) is 0 Å². The van der Waals surface area contributed by atoms with E-state index in [1.165, 1.54) is 12.1 Å². The summed E-state index contributed by atoms with van der Waals surface area (Å²) in [5.74, 6) is -0.200. The molecule has 1 saturated heterocycles. The lowest BCUT2D eigenvalue weighted by Gasteiger charge is -2.35. The van der Waals surface area contributed by atoms with E-state index in [9.17, 15) is 12.8 Å². The molecule has 1 aliphatic heterocycles. The van der Waals surface area contributed by atoms with Crippen LogP contribution in [0.5, 0.6) is 0 Å². The second kappa shape index (κ2) is 5.67. The molecule has 0 saturated carbocycles. The fourth-order valence-electron chi connectivity index (χ4n) is 2.56. The first-order chi connectivity index (χ1) is 9.27. The van der Waals surface area contributed by atoms with E-state index >= 15 is 0 Å². The van der Waals surface area contributed by atoms with Crippen molar-refractivity contribution in [2.75, 3.05) is 25.5 Å². The van der Waals surface area contributed by atoms with E-state index in [0.29, 0.717) is 11.6 Å². The first-order valence-electron chi connectivity index (χ1n) is 6.55. The summed E-state index contributed by atoms with van der Waals surface area (Å²) in [6, 6.07) is 3.89. The molecular formula is C13H20FN3O2S. The molecule has 20 heavy (non-hydrogen) atoms. The molecule has 2 atom stereocenters. The van der Waals surface area contributed by atoms with Crippen LogP contribution in [0.15, 0.2) is 23.1 Å². The lowest BCUT2D eigenvalue weighted by Crippen LogP contribution is -2.43. The average Bonchev–Trinajstić information content (AvgIpc) is 2.33. The molecule has 1 heterocycles. The topological polar surface area (TPSA) is 75.4 Å². The SMILES string of the molecule is CC1CN(C)CCC1Nc1ccc(S(N)(=O)=O)cc1F. The van der Waals surface area contributed by atoms with Crippen molar-refractivity contribution in [1.29, 1.82) is 0 Å². The van der Waals surface area contributed by atoms with Crippen LogP contribution in [0.2, 0.25) is 0 Å². The second-order valence-corrected chi connectivity index (χ2v) is 7.03. The molecule has 1 aromatic carbocycles. The van der Waals surface area contributed by atoms with Crippen molar-refractivity contribution in [3.8, 4) is 0 Å². The predicted octanol–water partition coefficient (Wildman–Crippen LogP) is 1.23. The maximum absolute atomic E-state index is 13.9. The number of hydrogen-bond donors (Lipinski definition) is 2. The quantitative estimate of drug-likeness (QED) is 0.880. The van der Waals surface area contributed by atoms with Crippen molar-refractivity contribution in [2.45, 2.75) is 24.3 Å². The van der Waals surface area contributed by atoms with Crippen molar-refractivity contribution < 1.29 is 12.8 Å². The molecular weight excluding hydrogens is 281 g/mol. The summed E-state index contributed by atoms with van der Waals surface area (Å²) >= 11 is 0. The zero-order chi connectivity index (χ0) is 14.9. The molecule has 0 radical (unpaired) electrons. The Kier molecular flexibility index (Phi) is 4.31. The molecule has 1 aromatic rings. The highest BCUT2D eigenvalue weighted by Gasteiger charge is 2.24. The number of primary sulfonamides is 1. The molecule has 0 bridgehead atoms. The number of sulfonamides is 1. The third kappa shape index (κ3) is 3.47. The van der Waals surface area contributed by atoms with Crippen LogP contribution < -0.4 is 10.5 Å². The van der Waals surface area contributed by atoms with Gasteiger partial charge in [-0.15, -0.1) is 0 Å². The number of likely N-dealkylation sites (tertiary alicyclic amines) is 1. The van der Waals surface area contributed by atoms with Crippen LogP contribution in [0.3, 0.4) is 0 Å². The highest BCUT2D eigenvalue weighted by Crippen LogP contribution is 2.24. The fraction of sp³-hybridized carbons (Fsp3) is 0.538. The van der Waals surface area contributed by atoms with Gasteiger partial charge in [0.15, 0.2) is 0 Å². The van der Waals surface area contributed by atoms with Gasteiger partial charge in [-0.05, 0) is 44.1 Å². The highest BCUT2D eigenvalue weighted by atomic mass is 32.2. The van der Waals surface area contributed by atoms with Crippen molar-refractivity contribution in [3.05, 3.63) is 24.0 Å². The minimum Gasteiger partial charge on any atom is -0.380 e. The molecule has 0 aliphatic carbocycles. The van der Waals surface area contributed by atoms with Gasteiger partial charge in [0, 0.05) is 12.6 Å². The normalized spacial score (nSPS) is 24.6. The Labute approximate surface area is 119 Å². The molecule has 3 N–H and O–H groups in total. The van der Waals surface area contributed by atoms with E-state index in [1.807, 2.05) is 0 Å². The van der Waals surface area contributed by atoms with Gasteiger partial charge in [-0.1, -0.05) is 6.92 Å². The minimum atomic E-state index is -3.87. The fourth-order valence-corrected chi connectivity index (χ4v) is 3.08. The van der Waals surface area contributed by atoms with Crippen LogP contribution in [0.25, 0.3) is 0 Å². The molecule has 5 nitrogen and oxygen atoms in total. The van der Waals surface area contributed by atoms with Gasteiger partial charge in [0.2, 0.25) is 10.0 Å². The number of nitrogens with two attached hydrogens (primary N) is 1. The van der Waals surface area contributed by atoms with E-state index in [4.69, 9.17) is 5.14 Å². The average molecular weight is 301 g/mol. The van der Waals surface area contributed by atoms with Crippen LogP contribution in [-0.2, 0) is 10.0 Å². The maximum atomic E-state index is 13.9. The van der Waals surface area contributed by atoms with Crippen LogP contribution >= 0.6 is 0 Å². The minimum absolute atomic E-state index is 0.182. The van der Waals surface area contributed by atoms with Gasteiger partial charge >= 0.3 is 0 Å². The monoisotopic (exact) mass is 301 g/mol. The Morgan fingerprint density at radius 1 is 1.45 bits per heavy atom. The first-order valence-corrected chi connectivity index (χ1v) is 8.09. The van der Waals surface area contributed by atoms with Gasteiger partial charge in [0.25, 0.3) is 0 Å². The largest absolute Gasteiger partial charge is 0.380 e. The van der Waals surface area contributed by atoms with E-state index in [2.05, 4.69) is 24.2 Å². The third-order valence-corrected chi connectivity index (χ3v) is 4.63. The number of rotatable bonds is 3. The molecule has 2 rings (SSSR count). The molecule has 0 amide bonds. The van der Waals surface area contributed by atoms with Gasteiger partial charge in [-0.25, -0.2) is 17.9 Å². The lowest BCUT2D eigenvalue weighted by molar-refractivity contribution is 0.206. The van der Waals surface area contributed by atoms with Crippen molar-refractivity contribution >= 4 is 15.7 Å². The number of nitrogens with one attached hydrogen (secondary N) is 1. The van der Waals surface area contributed by atoms with Gasteiger partial charge in [0.05, 0.1) is 10.6 Å². The smallest absolute Gasteiger partial charge is 0.238 e. The highest BCUT2D eigenvalue weighted by molar-refractivity contribution is 7.89. The van der Waals surface area contributed by atoms with E-state index < -0.39 is 15.8 Å². The number of benzene rings is 1.